The van der Waals surface area contributed by atoms with Gasteiger partial charge in [0.05, 0.1) is 25.2 Å². The Morgan fingerprint density at radius 1 is 0.492 bits per heavy atom. The molecule has 61 heavy (non-hydrogen) atoms. The monoisotopic (exact) mass is 850 g/mol. The third kappa shape index (κ3) is 43.5. The summed E-state index contributed by atoms with van der Waals surface area (Å²) in [7, 11) is 0. The van der Waals surface area contributed by atoms with Gasteiger partial charge in [0.25, 0.3) is 0 Å². The standard InChI is InChI=1S/C55H95NO5/c1-4-7-10-13-16-19-22-24-26-28-29-32-34-37-40-43-46-51(61-55(60)48-45-42-39-36-33-30-27-25-23-20-17-14-11-8-5-2)49-54(59)56-52(50-57)53(58)47-44-41-38-35-31-21-18-15-12-9-6-3/h8,11,14,17,20,23,25-30,32-33,51-53,57-58H,4-7,9-10,12-13,15-16,18-19,21-22,24,31,34-50H2,1-3H3,(H,56,59)/b11-8+,17-14+,23-20-,27-25-,28-26+,32-29+,33-30+. The van der Waals surface area contributed by atoms with E-state index >= 15 is 0 Å². The van der Waals surface area contributed by atoms with E-state index < -0.39 is 18.2 Å². The Morgan fingerprint density at radius 2 is 0.885 bits per heavy atom. The second-order valence-corrected chi connectivity index (χ2v) is 17.0. The number of ether oxygens (including phenoxy) is 1. The minimum absolute atomic E-state index is 0.0382. The van der Waals surface area contributed by atoms with Gasteiger partial charge in [0.15, 0.2) is 0 Å². The molecule has 0 aliphatic rings. The molecule has 0 radical (unpaired) electrons. The van der Waals surface area contributed by atoms with Crippen molar-refractivity contribution in [1.82, 2.24) is 5.32 Å². The number of carbonyl (C=O) groups is 2. The number of amides is 1. The second kappa shape index (κ2) is 48.1. The van der Waals surface area contributed by atoms with E-state index in [9.17, 15) is 19.8 Å². The molecule has 3 unspecified atom stereocenters. The van der Waals surface area contributed by atoms with Crippen LogP contribution in [-0.4, -0.2) is 46.9 Å². The molecule has 350 valence electrons. The first-order valence-corrected chi connectivity index (χ1v) is 25.4. The van der Waals surface area contributed by atoms with Gasteiger partial charge in [0, 0.05) is 6.42 Å². The summed E-state index contributed by atoms with van der Waals surface area (Å²) < 4.78 is 5.90. The zero-order valence-corrected chi connectivity index (χ0v) is 39.8. The maximum Gasteiger partial charge on any atom is 0.306 e. The molecule has 0 aromatic rings. The number of carbonyl (C=O) groups excluding carboxylic acids is 2. The number of esters is 1. The van der Waals surface area contributed by atoms with Crippen LogP contribution >= 0.6 is 0 Å². The predicted octanol–water partition coefficient (Wildman–Crippen LogP) is 15.2. The lowest BCUT2D eigenvalue weighted by Crippen LogP contribution is -2.46. The first-order valence-electron chi connectivity index (χ1n) is 25.4. The highest BCUT2D eigenvalue weighted by Crippen LogP contribution is 2.17. The van der Waals surface area contributed by atoms with E-state index in [0.717, 1.165) is 83.5 Å². The van der Waals surface area contributed by atoms with Crippen LogP contribution in [0.25, 0.3) is 0 Å². The highest BCUT2D eigenvalue weighted by molar-refractivity contribution is 5.77. The molecule has 1 amide bonds. The average molecular weight is 850 g/mol. The van der Waals surface area contributed by atoms with Crippen molar-refractivity contribution in [3.63, 3.8) is 0 Å². The van der Waals surface area contributed by atoms with Crippen molar-refractivity contribution < 1.29 is 24.5 Å². The van der Waals surface area contributed by atoms with Crippen LogP contribution in [0, 0.1) is 0 Å². The number of allylic oxidation sites excluding steroid dienone is 14. The number of unbranched alkanes of at least 4 members (excludes halogenated alkanes) is 23. The van der Waals surface area contributed by atoms with E-state index in [1.165, 1.54) is 96.3 Å². The second-order valence-electron chi connectivity index (χ2n) is 17.0. The minimum atomic E-state index is -0.806. The maximum atomic E-state index is 13.2. The Kier molecular flexibility index (Phi) is 45.7. The topological polar surface area (TPSA) is 95.9 Å². The van der Waals surface area contributed by atoms with Crippen molar-refractivity contribution in [2.45, 2.75) is 244 Å². The van der Waals surface area contributed by atoms with Crippen molar-refractivity contribution >= 4 is 11.9 Å². The minimum Gasteiger partial charge on any atom is -0.462 e. The SMILES string of the molecule is CC/C=C/C=C/C=C\C=C/C=C/CCCCCC(=O)OC(CCCCC/C=C/C=C/CCCCCCCCC)CC(=O)NC(CO)C(O)CCCCCCCCCCCCC. The molecule has 0 fully saturated rings. The summed E-state index contributed by atoms with van der Waals surface area (Å²) in [4.78, 5) is 26.1. The van der Waals surface area contributed by atoms with Crippen molar-refractivity contribution in [1.29, 1.82) is 0 Å². The van der Waals surface area contributed by atoms with Crippen molar-refractivity contribution in [3.05, 3.63) is 85.1 Å². The predicted molar refractivity (Wildman–Crippen MR) is 264 cm³/mol. The summed E-state index contributed by atoms with van der Waals surface area (Å²) in [6.07, 6.45) is 62.1. The Hall–Kier alpha value is -2.96. The van der Waals surface area contributed by atoms with Crippen LogP contribution in [0.1, 0.15) is 226 Å². The molecule has 0 aliphatic carbocycles. The number of nitrogens with one attached hydrogen (secondary N) is 1. The molecular formula is C55H95NO5. The molecule has 0 aromatic heterocycles. The molecule has 0 heterocycles. The lowest BCUT2D eigenvalue weighted by Gasteiger charge is -2.24. The van der Waals surface area contributed by atoms with Crippen molar-refractivity contribution in [2.75, 3.05) is 6.61 Å². The van der Waals surface area contributed by atoms with Gasteiger partial charge in [-0.1, -0.05) is 228 Å². The fraction of sp³-hybridized carbons (Fsp3) is 0.709. The molecule has 3 atom stereocenters. The highest BCUT2D eigenvalue weighted by Gasteiger charge is 2.24. The van der Waals surface area contributed by atoms with E-state index in [1.54, 1.807) is 0 Å². The fourth-order valence-electron chi connectivity index (χ4n) is 7.26. The lowest BCUT2D eigenvalue weighted by molar-refractivity contribution is -0.151. The van der Waals surface area contributed by atoms with Gasteiger partial charge < -0.3 is 20.3 Å². The third-order valence-electron chi connectivity index (χ3n) is 11.1. The molecule has 0 bridgehead atoms. The smallest absolute Gasteiger partial charge is 0.306 e. The summed E-state index contributed by atoms with van der Waals surface area (Å²) in [5.41, 5.74) is 0. The van der Waals surface area contributed by atoms with Gasteiger partial charge in [-0.05, 0) is 70.6 Å². The van der Waals surface area contributed by atoms with E-state index in [1.807, 2.05) is 42.5 Å². The van der Waals surface area contributed by atoms with Gasteiger partial charge >= 0.3 is 5.97 Å². The van der Waals surface area contributed by atoms with Gasteiger partial charge in [-0.2, -0.15) is 0 Å². The molecule has 0 spiro atoms. The third-order valence-corrected chi connectivity index (χ3v) is 11.1. The summed E-state index contributed by atoms with van der Waals surface area (Å²) >= 11 is 0. The first kappa shape index (κ1) is 58.0. The molecule has 0 saturated carbocycles. The van der Waals surface area contributed by atoms with Crippen LogP contribution in [-0.2, 0) is 14.3 Å². The van der Waals surface area contributed by atoms with E-state index in [-0.39, 0.29) is 24.9 Å². The maximum absolute atomic E-state index is 13.2. The van der Waals surface area contributed by atoms with Crippen molar-refractivity contribution in [2.24, 2.45) is 0 Å². The van der Waals surface area contributed by atoms with E-state index in [4.69, 9.17) is 4.74 Å². The van der Waals surface area contributed by atoms with Gasteiger partial charge in [0.1, 0.15) is 6.10 Å². The largest absolute Gasteiger partial charge is 0.462 e. The number of hydrogen-bond acceptors (Lipinski definition) is 5. The molecule has 0 saturated heterocycles. The molecule has 3 N–H and O–H groups in total. The highest BCUT2D eigenvalue weighted by atomic mass is 16.5. The summed E-state index contributed by atoms with van der Waals surface area (Å²) in [5, 5.41) is 23.7. The van der Waals surface area contributed by atoms with Crippen LogP contribution < -0.4 is 5.32 Å². The van der Waals surface area contributed by atoms with Gasteiger partial charge in [-0.15, -0.1) is 0 Å². The average Bonchev–Trinajstić information content (AvgIpc) is 3.25. The van der Waals surface area contributed by atoms with Crippen LogP contribution in [0.3, 0.4) is 0 Å². The Labute approximate surface area is 376 Å². The number of aliphatic hydroxyl groups excluding tert-OH is 2. The molecular weight excluding hydrogens is 755 g/mol. The van der Waals surface area contributed by atoms with Crippen LogP contribution in [0.15, 0.2) is 85.1 Å². The van der Waals surface area contributed by atoms with Gasteiger partial charge in [-0.3, -0.25) is 9.59 Å². The lowest BCUT2D eigenvalue weighted by atomic mass is 10.0. The van der Waals surface area contributed by atoms with E-state index in [0.29, 0.717) is 19.3 Å². The molecule has 0 rings (SSSR count). The number of rotatable bonds is 44. The first-order chi connectivity index (χ1) is 30.0. The molecule has 6 heteroatoms. The van der Waals surface area contributed by atoms with Gasteiger partial charge in [-0.25, -0.2) is 0 Å². The number of aliphatic hydroxyl groups is 2. The Morgan fingerprint density at radius 3 is 1.38 bits per heavy atom. The fourth-order valence-corrected chi connectivity index (χ4v) is 7.26. The molecule has 0 aromatic carbocycles. The van der Waals surface area contributed by atoms with Gasteiger partial charge in [0.2, 0.25) is 5.91 Å². The Bertz CT molecular complexity index is 1180. The summed E-state index contributed by atoms with van der Waals surface area (Å²) in [6.45, 7) is 6.30. The summed E-state index contributed by atoms with van der Waals surface area (Å²) in [6, 6.07) is -0.723. The number of hydrogen-bond donors (Lipinski definition) is 3. The zero-order chi connectivity index (χ0) is 44.5. The molecule has 0 aliphatic heterocycles. The van der Waals surface area contributed by atoms with Crippen LogP contribution in [0.2, 0.25) is 0 Å². The quantitative estimate of drug-likeness (QED) is 0.0322. The van der Waals surface area contributed by atoms with Crippen molar-refractivity contribution in [3.8, 4) is 0 Å². The van der Waals surface area contributed by atoms with Crippen LogP contribution in [0.4, 0.5) is 0 Å². The summed E-state index contributed by atoms with van der Waals surface area (Å²) in [5.74, 6) is -0.554. The Balaban J connectivity index is 4.75. The normalized spacial score (nSPS) is 14.0. The molecule has 6 nitrogen and oxygen atoms in total. The zero-order valence-electron chi connectivity index (χ0n) is 39.8. The van der Waals surface area contributed by atoms with Crippen LogP contribution in [0.5, 0.6) is 0 Å². The van der Waals surface area contributed by atoms with E-state index in [2.05, 4.69) is 68.6 Å².